The van der Waals surface area contributed by atoms with Crippen molar-refractivity contribution in [1.29, 1.82) is 0 Å². The Bertz CT molecular complexity index is 1380. The van der Waals surface area contributed by atoms with Crippen LogP contribution in [-0.4, -0.2) is 43.1 Å². The number of phenols is 1. The van der Waals surface area contributed by atoms with Gasteiger partial charge in [-0.2, -0.15) is 9.78 Å². The quantitative estimate of drug-likeness (QED) is 0.416. The van der Waals surface area contributed by atoms with E-state index < -0.39 is 0 Å². The number of aromatic hydroxyl groups is 1. The van der Waals surface area contributed by atoms with E-state index in [1.807, 2.05) is 69.3 Å². The smallest absolute Gasteiger partial charge is 0.252 e. The number of aryl methyl sites for hydroxylation is 2. The first-order valence-corrected chi connectivity index (χ1v) is 12.4. The molecule has 8 nitrogen and oxygen atoms in total. The van der Waals surface area contributed by atoms with Gasteiger partial charge in [0.15, 0.2) is 11.5 Å². The molecule has 178 valence electrons. The molecule has 0 bridgehead atoms. The van der Waals surface area contributed by atoms with Crippen molar-refractivity contribution in [3.63, 3.8) is 0 Å². The summed E-state index contributed by atoms with van der Waals surface area (Å²) < 4.78 is 7.26. The first kappa shape index (κ1) is 22.9. The van der Waals surface area contributed by atoms with Gasteiger partial charge in [0.25, 0.3) is 5.95 Å². The topological polar surface area (TPSA) is 102 Å². The van der Waals surface area contributed by atoms with Crippen LogP contribution >= 0.6 is 11.8 Å². The molecule has 0 saturated carbocycles. The van der Waals surface area contributed by atoms with Crippen molar-refractivity contribution in [3.8, 4) is 28.7 Å². The molecule has 0 saturated heterocycles. The highest BCUT2D eigenvalue weighted by Gasteiger charge is 2.33. The lowest BCUT2D eigenvalue weighted by molar-refractivity contribution is -0.113. The number of ether oxygens (including phenoxy) is 1. The van der Waals surface area contributed by atoms with Gasteiger partial charge < -0.3 is 15.2 Å². The predicted octanol–water partition coefficient (Wildman–Crippen LogP) is 4.83. The van der Waals surface area contributed by atoms with Gasteiger partial charge in [0.1, 0.15) is 5.82 Å². The third-order valence-corrected chi connectivity index (χ3v) is 6.89. The maximum absolute atomic E-state index is 12.8. The lowest BCUT2D eigenvalue weighted by Gasteiger charge is -2.18. The van der Waals surface area contributed by atoms with Gasteiger partial charge in [-0.25, -0.2) is 9.97 Å². The second kappa shape index (κ2) is 9.42. The SMILES string of the molecule is CCOc1cc([C@H]2SCC(=O)Nc3c2c(-c2ccccc2)nn3-c2nc(C)cc(C)n2)ccc1O. The van der Waals surface area contributed by atoms with Crippen molar-refractivity contribution in [2.24, 2.45) is 0 Å². The summed E-state index contributed by atoms with van der Waals surface area (Å²) in [7, 11) is 0. The van der Waals surface area contributed by atoms with E-state index in [-0.39, 0.29) is 22.7 Å². The molecule has 0 aliphatic carbocycles. The number of nitrogens with zero attached hydrogens (tertiary/aromatic N) is 4. The minimum atomic E-state index is -0.251. The second-order valence-corrected chi connectivity index (χ2v) is 9.33. The number of hydrogen-bond acceptors (Lipinski definition) is 7. The minimum absolute atomic E-state index is 0.0752. The average molecular weight is 488 g/mol. The number of fused-ring (bicyclic) bond motifs is 1. The molecule has 0 spiro atoms. The van der Waals surface area contributed by atoms with Crippen LogP contribution < -0.4 is 10.1 Å². The van der Waals surface area contributed by atoms with Crippen LogP contribution in [0.5, 0.6) is 11.5 Å². The molecule has 1 aliphatic rings. The van der Waals surface area contributed by atoms with Crippen LogP contribution in [0, 0.1) is 13.8 Å². The standard InChI is InChI=1S/C26H25N5O3S/c1-4-34-20-13-18(10-11-19(20)32)24-22-23(17-8-6-5-7-9-17)30-31(25(22)29-21(33)14-35-24)26-27-15(2)12-16(3)28-26/h5-13,24,32H,4,14H2,1-3H3,(H,29,33)/t24-/m1/s1. The van der Waals surface area contributed by atoms with Crippen molar-refractivity contribution >= 4 is 23.5 Å². The van der Waals surface area contributed by atoms with Crippen molar-refractivity contribution in [3.05, 3.63) is 77.1 Å². The Morgan fingerprint density at radius 1 is 1.11 bits per heavy atom. The Morgan fingerprint density at radius 2 is 1.86 bits per heavy atom. The van der Waals surface area contributed by atoms with Gasteiger partial charge in [-0.15, -0.1) is 11.8 Å². The molecule has 2 N–H and O–H groups in total. The number of benzene rings is 2. The summed E-state index contributed by atoms with van der Waals surface area (Å²) in [6.45, 7) is 6.11. The van der Waals surface area contributed by atoms with Gasteiger partial charge >= 0.3 is 0 Å². The van der Waals surface area contributed by atoms with Crippen LogP contribution in [0.4, 0.5) is 5.82 Å². The summed E-state index contributed by atoms with van der Waals surface area (Å²) in [6, 6.07) is 17.1. The third-order valence-electron chi connectivity index (χ3n) is 5.62. The van der Waals surface area contributed by atoms with Crippen molar-refractivity contribution < 1.29 is 14.6 Å². The number of thioether (sulfide) groups is 1. The maximum Gasteiger partial charge on any atom is 0.252 e. The van der Waals surface area contributed by atoms with Crippen molar-refractivity contribution in [1.82, 2.24) is 19.7 Å². The van der Waals surface area contributed by atoms with Gasteiger partial charge in [0, 0.05) is 22.5 Å². The van der Waals surface area contributed by atoms with E-state index in [1.54, 1.807) is 10.7 Å². The highest BCUT2D eigenvalue weighted by Crippen LogP contribution is 2.47. The fourth-order valence-corrected chi connectivity index (χ4v) is 5.31. The van der Waals surface area contributed by atoms with E-state index in [4.69, 9.17) is 9.84 Å². The molecule has 4 aromatic rings. The summed E-state index contributed by atoms with van der Waals surface area (Å²) >= 11 is 1.50. The van der Waals surface area contributed by atoms with Crippen LogP contribution in [0.15, 0.2) is 54.6 Å². The molecular formula is C26H25N5O3S. The Kier molecular flexibility index (Phi) is 6.17. The lowest BCUT2D eigenvalue weighted by atomic mass is 9.99. The zero-order valence-electron chi connectivity index (χ0n) is 19.6. The second-order valence-electron chi connectivity index (χ2n) is 8.24. The van der Waals surface area contributed by atoms with Gasteiger partial charge in [-0.1, -0.05) is 36.4 Å². The number of aromatic nitrogens is 4. The first-order valence-electron chi connectivity index (χ1n) is 11.3. The molecule has 1 aliphatic heterocycles. The van der Waals surface area contributed by atoms with Crippen LogP contribution in [0.2, 0.25) is 0 Å². The van der Waals surface area contributed by atoms with Crippen molar-refractivity contribution in [2.75, 3.05) is 17.7 Å². The van der Waals surface area contributed by atoms with E-state index in [9.17, 15) is 9.90 Å². The molecule has 1 amide bonds. The Balaban J connectivity index is 1.78. The number of anilines is 1. The largest absolute Gasteiger partial charge is 0.504 e. The van der Waals surface area contributed by atoms with Gasteiger partial charge in [-0.05, 0) is 44.5 Å². The number of phenolic OH excluding ortho intramolecular Hbond substituents is 1. The summed E-state index contributed by atoms with van der Waals surface area (Å²) in [5, 5.41) is 18.0. The molecule has 0 radical (unpaired) electrons. The summed E-state index contributed by atoms with van der Waals surface area (Å²) in [6.07, 6.45) is 0. The number of amides is 1. The molecule has 2 aromatic carbocycles. The molecular weight excluding hydrogens is 462 g/mol. The van der Waals surface area contributed by atoms with Crippen molar-refractivity contribution in [2.45, 2.75) is 26.0 Å². The summed E-state index contributed by atoms with van der Waals surface area (Å²) in [5.41, 5.74) is 5.01. The maximum atomic E-state index is 12.8. The normalized spacial score (nSPS) is 15.3. The van der Waals surface area contributed by atoms with Crippen LogP contribution in [0.3, 0.4) is 0 Å². The summed E-state index contributed by atoms with van der Waals surface area (Å²) in [4.78, 5) is 22.0. The molecule has 9 heteroatoms. The van der Waals surface area contributed by atoms with Crippen LogP contribution in [-0.2, 0) is 4.79 Å². The highest BCUT2D eigenvalue weighted by atomic mass is 32.2. The lowest BCUT2D eigenvalue weighted by Crippen LogP contribution is -2.17. The number of nitrogens with one attached hydrogen (secondary N) is 1. The Hall–Kier alpha value is -3.85. The molecule has 5 rings (SSSR count). The van der Waals surface area contributed by atoms with E-state index >= 15 is 0 Å². The molecule has 35 heavy (non-hydrogen) atoms. The molecule has 1 atom stereocenters. The number of hydrogen-bond donors (Lipinski definition) is 2. The zero-order chi connectivity index (χ0) is 24.5. The number of carbonyl (C=O) groups is 1. The van der Waals surface area contributed by atoms with E-state index in [2.05, 4.69) is 15.3 Å². The monoisotopic (exact) mass is 487 g/mol. The van der Waals surface area contributed by atoms with E-state index in [0.717, 1.165) is 33.8 Å². The number of rotatable bonds is 5. The Morgan fingerprint density at radius 3 is 2.57 bits per heavy atom. The van der Waals surface area contributed by atoms with Gasteiger partial charge in [0.05, 0.1) is 23.3 Å². The fourth-order valence-electron chi connectivity index (χ4n) is 4.19. The van der Waals surface area contributed by atoms with Gasteiger partial charge in [-0.3, -0.25) is 4.79 Å². The van der Waals surface area contributed by atoms with Crippen LogP contribution in [0.1, 0.15) is 34.7 Å². The van der Waals surface area contributed by atoms with Gasteiger partial charge in [0.2, 0.25) is 5.91 Å². The predicted molar refractivity (Wildman–Crippen MR) is 136 cm³/mol. The van der Waals surface area contributed by atoms with E-state index in [1.165, 1.54) is 11.8 Å². The third kappa shape index (κ3) is 4.46. The number of carbonyl (C=O) groups excluding carboxylic acids is 1. The summed E-state index contributed by atoms with van der Waals surface area (Å²) in [5.74, 6) is 1.54. The fraction of sp³-hybridized carbons (Fsp3) is 0.231. The first-order chi connectivity index (χ1) is 16.9. The molecule has 0 fully saturated rings. The van der Waals surface area contributed by atoms with E-state index in [0.29, 0.717) is 24.1 Å². The Labute approximate surface area is 207 Å². The minimum Gasteiger partial charge on any atom is -0.504 e. The highest BCUT2D eigenvalue weighted by molar-refractivity contribution is 8.00. The van der Waals surface area contributed by atoms with Crippen LogP contribution in [0.25, 0.3) is 17.2 Å². The molecule has 2 aromatic heterocycles. The average Bonchev–Trinajstić information content (AvgIpc) is 3.11. The molecule has 3 heterocycles. The zero-order valence-corrected chi connectivity index (χ0v) is 20.5. The molecule has 0 unspecified atom stereocenters.